The molecule has 0 fully saturated rings. The summed E-state index contributed by atoms with van der Waals surface area (Å²) >= 11 is 4.30. The minimum Gasteiger partial charge on any atom is -0.402 e. The fourth-order valence-electron chi connectivity index (χ4n) is 1.27. The van der Waals surface area contributed by atoms with Gasteiger partial charge in [0.25, 0.3) is 0 Å². The highest BCUT2D eigenvalue weighted by Crippen LogP contribution is 2.19. The van der Waals surface area contributed by atoms with Crippen molar-refractivity contribution in [2.75, 3.05) is 0 Å². The molecule has 0 aromatic heterocycles. The first kappa shape index (κ1) is 11.1. The van der Waals surface area contributed by atoms with E-state index in [9.17, 15) is 0 Å². The molecule has 1 unspecified atom stereocenters. The van der Waals surface area contributed by atoms with Gasteiger partial charge in [0.15, 0.2) is 0 Å². The lowest BCUT2D eigenvalue weighted by Crippen LogP contribution is -2.09. The summed E-state index contributed by atoms with van der Waals surface area (Å²) in [5, 5.41) is 0. The second-order valence-electron chi connectivity index (χ2n) is 3.48. The highest BCUT2D eigenvalue weighted by Gasteiger charge is 2.03. The molecule has 1 aromatic carbocycles. The highest BCUT2D eigenvalue weighted by atomic mass is 32.1. The minimum absolute atomic E-state index is 0.132. The molecule has 0 amide bonds. The van der Waals surface area contributed by atoms with Gasteiger partial charge in [0.1, 0.15) is 0 Å². The predicted octanol–water partition coefficient (Wildman–Crippen LogP) is 2.15. The Balaban J connectivity index is 2.97. The molecule has 1 aromatic rings. The average Bonchev–Trinajstić information content (AvgIpc) is 2.08. The van der Waals surface area contributed by atoms with E-state index in [1.54, 1.807) is 0 Å². The monoisotopic (exact) mass is 208 g/mol. The maximum Gasteiger partial charge on any atom is 0.0500 e. The van der Waals surface area contributed by atoms with Crippen molar-refractivity contribution in [1.29, 1.82) is 0 Å². The van der Waals surface area contributed by atoms with Crippen molar-refractivity contribution in [3.8, 4) is 0 Å². The fourth-order valence-corrected chi connectivity index (χ4v) is 1.40. The normalized spacial score (nSPS) is 14.1. The molecule has 3 heteroatoms. The molecular weight excluding hydrogens is 192 g/mol. The fraction of sp³-hybridized carbons (Fsp3) is 0.273. The van der Waals surface area contributed by atoms with Crippen LogP contribution in [0.5, 0.6) is 0 Å². The first-order valence-electron chi connectivity index (χ1n) is 4.49. The predicted molar refractivity (Wildman–Crippen MR) is 63.3 cm³/mol. The lowest BCUT2D eigenvalue weighted by atomic mass is 10.0. The lowest BCUT2D eigenvalue weighted by Gasteiger charge is -2.09. The largest absolute Gasteiger partial charge is 0.402 e. The molecule has 0 aliphatic rings. The Kier molecular flexibility index (Phi) is 3.61. The summed E-state index contributed by atoms with van der Waals surface area (Å²) in [6.45, 7) is 3.84. The number of hydrogen-bond donors (Lipinski definition) is 3. The van der Waals surface area contributed by atoms with Crippen LogP contribution in [0.25, 0.3) is 0 Å². The second-order valence-corrected chi connectivity index (χ2v) is 3.96. The lowest BCUT2D eigenvalue weighted by molar-refractivity contribution is 0.891. The quantitative estimate of drug-likeness (QED) is 0.652. The van der Waals surface area contributed by atoms with Gasteiger partial charge in [-0.1, -0.05) is 12.1 Å². The van der Waals surface area contributed by atoms with Crippen LogP contribution in [0.15, 0.2) is 34.9 Å². The summed E-state index contributed by atoms with van der Waals surface area (Å²) in [5.41, 5.74) is 14.4. The number of allylic oxidation sites excluding steroid dienone is 1. The summed E-state index contributed by atoms with van der Waals surface area (Å²) in [6, 6.07) is 5.83. The third kappa shape index (κ3) is 2.79. The van der Waals surface area contributed by atoms with Crippen molar-refractivity contribution in [2.45, 2.75) is 24.8 Å². The third-order valence-electron chi connectivity index (χ3n) is 2.05. The van der Waals surface area contributed by atoms with E-state index in [0.717, 1.165) is 21.7 Å². The van der Waals surface area contributed by atoms with Crippen LogP contribution in [0.3, 0.4) is 0 Å². The third-order valence-corrected chi connectivity index (χ3v) is 2.55. The van der Waals surface area contributed by atoms with Crippen molar-refractivity contribution >= 4 is 12.6 Å². The van der Waals surface area contributed by atoms with Crippen molar-refractivity contribution in [2.24, 2.45) is 11.5 Å². The molecule has 0 saturated heterocycles. The average molecular weight is 208 g/mol. The zero-order valence-electron chi connectivity index (χ0n) is 8.49. The Hall–Kier alpha value is -0.930. The molecule has 76 valence electrons. The zero-order valence-corrected chi connectivity index (χ0v) is 9.38. The summed E-state index contributed by atoms with van der Waals surface area (Å²) in [6.07, 6.45) is 1.84. The number of nitrogens with two attached hydrogens (primary N) is 2. The van der Waals surface area contributed by atoms with Gasteiger partial charge in [-0.25, -0.2) is 0 Å². The van der Waals surface area contributed by atoms with Crippen LogP contribution in [0.1, 0.15) is 24.1 Å². The molecule has 4 N–H and O–H groups in total. The van der Waals surface area contributed by atoms with Crippen LogP contribution in [0, 0.1) is 6.92 Å². The van der Waals surface area contributed by atoms with E-state index in [1.807, 2.05) is 38.1 Å². The second kappa shape index (κ2) is 4.53. The van der Waals surface area contributed by atoms with E-state index in [2.05, 4.69) is 12.6 Å². The van der Waals surface area contributed by atoms with E-state index in [-0.39, 0.29) is 6.04 Å². The van der Waals surface area contributed by atoms with Gasteiger partial charge in [-0.05, 0) is 37.1 Å². The SMILES string of the molecule is C/C(N)=C/C(N)c1ccc(S)c(C)c1. The summed E-state index contributed by atoms with van der Waals surface area (Å²) < 4.78 is 0. The number of hydrogen-bond acceptors (Lipinski definition) is 3. The Morgan fingerprint density at radius 3 is 2.64 bits per heavy atom. The van der Waals surface area contributed by atoms with Crippen molar-refractivity contribution < 1.29 is 0 Å². The van der Waals surface area contributed by atoms with Crippen LogP contribution >= 0.6 is 12.6 Å². The minimum atomic E-state index is -0.132. The Labute approximate surface area is 90.4 Å². The maximum atomic E-state index is 5.93. The van der Waals surface area contributed by atoms with Gasteiger partial charge in [0, 0.05) is 10.6 Å². The standard InChI is InChI=1S/C11H16N2S/c1-7-5-9(3-4-11(7)14)10(13)6-8(2)12/h3-6,10,14H,12-13H2,1-2H3/b8-6-. The van der Waals surface area contributed by atoms with E-state index >= 15 is 0 Å². The van der Waals surface area contributed by atoms with Crippen LogP contribution in [0.2, 0.25) is 0 Å². The summed E-state index contributed by atoms with van der Waals surface area (Å²) in [4.78, 5) is 0.981. The number of thiol groups is 1. The molecular formula is C11H16N2S. The van der Waals surface area contributed by atoms with Gasteiger partial charge in [0.2, 0.25) is 0 Å². The number of aryl methyl sites for hydroxylation is 1. The van der Waals surface area contributed by atoms with E-state index < -0.39 is 0 Å². The molecule has 0 spiro atoms. The first-order chi connectivity index (χ1) is 6.50. The first-order valence-corrected chi connectivity index (χ1v) is 4.94. The summed E-state index contributed by atoms with van der Waals surface area (Å²) in [7, 11) is 0. The van der Waals surface area contributed by atoms with Gasteiger partial charge >= 0.3 is 0 Å². The number of rotatable bonds is 2. The van der Waals surface area contributed by atoms with Gasteiger partial charge in [0.05, 0.1) is 6.04 Å². The van der Waals surface area contributed by atoms with Crippen LogP contribution < -0.4 is 11.5 Å². The van der Waals surface area contributed by atoms with Crippen LogP contribution in [-0.4, -0.2) is 0 Å². The molecule has 0 aliphatic carbocycles. The van der Waals surface area contributed by atoms with Crippen molar-refractivity contribution in [3.63, 3.8) is 0 Å². The number of benzene rings is 1. The molecule has 0 saturated carbocycles. The van der Waals surface area contributed by atoms with E-state index in [1.165, 1.54) is 0 Å². The smallest absolute Gasteiger partial charge is 0.0500 e. The zero-order chi connectivity index (χ0) is 10.7. The molecule has 0 aliphatic heterocycles. The molecule has 0 radical (unpaired) electrons. The van der Waals surface area contributed by atoms with Gasteiger partial charge in [-0.2, -0.15) is 0 Å². The molecule has 2 nitrogen and oxygen atoms in total. The molecule has 0 bridgehead atoms. The van der Waals surface area contributed by atoms with E-state index in [0.29, 0.717) is 0 Å². The molecule has 0 heterocycles. The Morgan fingerprint density at radius 2 is 2.14 bits per heavy atom. The Bertz CT molecular complexity index is 354. The maximum absolute atomic E-state index is 5.93. The van der Waals surface area contributed by atoms with Crippen LogP contribution in [-0.2, 0) is 0 Å². The van der Waals surface area contributed by atoms with Gasteiger partial charge < -0.3 is 11.5 Å². The van der Waals surface area contributed by atoms with Gasteiger partial charge in [-0.3, -0.25) is 0 Å². The Morgan fingerprint density at radius 1 is 1.50 bits per heavy atom. The summed E-state index contributed by atoms with van der Waals surface area (Å²) in [5.74, 6) is 0. The van der Waals surface area contributed by atoms with Crippen molar-refractivity contribution in [1.82, 2.24) is 0 Å². The topological polar surface area (TPSA) is 52.0 Å². The van der Waals surface area contributed by atoms with Crippen molar-refractivity contribution in [3.05, 3.63) is 41.1 Å². The highest BCUT2D eigenvalue weighted by molar-refractivity contribution is 7.80. The van der Waals surface area contributed by atoms with Crippen LogP contribution in [0.4, 0.5) is 0 Å². The molecule has 14 heavy (non-hydrogen) atoms. The van der Waals surface area contributed by atoms with Gasteiger partial charge in [-0.15, -0.1) is 12.6 Å². The molecule has 1 rings (SSSR count). The molecule has 1 atom stereocenters. The van der Waals surface area contributed by atoms with E-state index in [4.69, 9.17) is 11.5 Å².